The topological polar surface area (TPSA) is 54.3 Å². The van der Waals surface area contributed by atoms with Crippen LogP contribution in [0.3, 0.4) is 0 Å². The summed E-state index contributed by atoms with van der Waals surface area (Å²) in [7, 11) is 0. The van der Waals surface area contributed by atoms with Crippen LogP contribution in [0.4, 0.5) is 18.9 Å². The van der Waals surface area contributed by atoms with Crippen molar-refractivity contribution >= 4 is 23.4 Å². The first kappa shape index (κ1) is 17.4. The van der Waals surface area contributed by atoms with Crippen molar-refractivity contribution in [2.24, 2.45) is 0 Å². The maximum Gasteiger partial charge on any atom is 0.284 e. The molecule has 0 aliphatic heterocycles. The number of alkyl halides is 2. The summed E-state index contributed by atoms with van der Waals surface area (Å²) in [5.41, 5.74) is 0.502. The number of benzene rings is 1. The fourth-order valence-electron chi connectivity index (χ4n) is 1.78. The van der Waals surface area contributed by atoms with Gasteiger partial charge in [0.1, 0.15) is 17.3 Å². The number of carbonyl (C=O) groups is 1. The minimum Gasteiger partial charge on any atom is -0.464 e. The number of hydrogen-bond donors (Lipinski definition) is 2. The zero-order valence-corrected chi connectivity index (χ0v) is 12.8. The van der Waals surface area contributed by atoms with E-state index >= 15 is 0 Å². The van der Waals surface area contributed by atoms with Crippen LogP contribution < -0.4 is 10.6 Å². The lowest BCUT2D eigenvalue weighted by atomic mass is 10.3. The number of amides is 1. The molecule has 2 rings (SSSR count). The molecule has 1 aromatic carbocycles. The number of anilines is 1. The summed E-state index contributed by atoms with van der Waals surface area (Å²) in [6.45, 7) is 0.343. The highest BCUT2D eigenvalue weighted by Crippen LogP contribution is 2.21. The van der Waals surface area contributed by atoms with Gasteiger partial charge in [-0.3, -0.25) is 4.79 Å². The van der Waals surface area contributed by atoms with Crippen LogP contribution in [0, 0.1) is 5.82 Å². The van der Waals surface area contributed by atoms with Gasteiger partial charge in [-0.05, 0) is 36.4 Å². The molecule has 4 nitrogen and oxygen atoms in total. The Morgan fingerprint density at radius 3 is 2.52 bits per heavy atom. The van der Waals surface area contributed by atoms with E-state index in [1.54, 1.807) is 12.1 Å². The molecule has 0 spiro atoms. The molecule has 8 heteroatoms. The smallest absolute Gasteiger partial charge is 0.284 e. The Kier molecular flexibility index (Phi) is 6.54. The van der Waals surface area contributed by atoms with Gasteiger partial charge < -0.3 is 15.1 Å². The molecule has 124 valence electrons. The molecule has 0 bridgehead atoms. The summed E-state index contributed by atoms with van der Waals surface area (Å²) in [6, 6.07) is 8.74. The monoisotopic (exact) mass is 344 g/mol. The van der Waals surface area contributed by atoms with Gasteiger partial charge in [0, 0.05) is 5.69 Å². The van der Waals surface area contributed by atoms with Crippen LogP contribution in [-0.2, 0) is 17.1 Å². The minimum absolute atomic E-state index is 0.0409. The van der Waals surface area contributed by atoms with E-state index in [4.69, 9.17) is 4.42 Å². The van der Waals surface area contributed by atoms with Crippen molar-refractivity contribution in [2.75, 3.05) is 11.9 Å². The SMILES string of the molecule is O=C(CNCc1ccc(CSC(F)F)o1)Nc1ccc(F)cc1. The number of nitrogens with one attached hydrogen (secondary N) is 2. The maximum atomic E-state index is 12.7. The summed E-state index contributed by atoms with van der Waals surface area (Å²) in [4.78, 5) is 11.7. The van der Waals surface area contributed by atoms with Crippen molar-refractivity contribution in [3.63, 3.8) is 0 Å². The fraction of sp³-hybridized carbons (Fsp3) is 0.267. The Balaban J connectivity index is 1.70. The summed E-state index contributed by atoms with van der Waals surface area (Å²) < 4.78 is 42.2. The Morgan fingerprint density at radius 1 is 1.13 bits per heavy atom. The highest BCUT2D eigenvalue weighted by Gasteiger charge is 2.08. The number of rotatable bonds is 8. The van der Waals surface area contributed by atoms with Gasteiger partial charge in [0.05, 0.1) is 18.8 Å². The van der Waals surface area contributed by atoms with E-state index in [2.05, 4.69) is 10.6 Å². The lowest BCUT2D eigenvalue weighted by molar-refractivity contribution is -0.115. The van der Waals surface area contributed by atoms with Crippen LogP contribution >= 0.6 is 11.8 Å². The molecule has 2 aromatic rings. The van der Waals surface area contributed by atoms with Gasteiger partial charge >= 0.3 is 0 Å². The predicted octanol–water partition coefficient (Wildman–Crippen LogP) is 3.60. The summed E-state index contributed by atoms with van der Waals surface area (Å²) in [5.74, 6) is -1.97. The molecular weight excluding hydrogens is 329 g/mol. The third-order valence-electron chi connectivity index (χ3n) is 2.78. The quantitative estimate of drug-likeness (QED) is 0.768. The molecule has 0 radical (unpaired) electrons. The first-order chi connectivity index (χ1) is 11.0. The summed E-state index contributed by atoms with van der Waals surface area (Å²) >= 11 is 0.490. The second-order valence-electron chi connectivity index (χ2n) is 4.60. The first-order valence-corrected chi connectivity index (χ1v) is 7.81. The molecule has 2 N–H and O–H groups in total. The normalized spacial score (nSPS) is 11.0. The van der Waals surface area contributed by atoms with Crippen molar-refractivity contribution in [1.29, 1.82) is 0 Å². The van der Waals surface area contributed by atoms with E-state index < -0.39 is 5.76 Å². The number of hydrogen-bond acceptors (Lipinski definition) is 4. The Bertz CT molecular complexity index is 632. The van der Waals surface area contributed by atoms with Crippen LogP contribution in [0.25, 0.3) is 0 Å². The first-order valence-electron chi connectivity index (χ1n) is 6.76. The van der Waals surface area contributed by atoms with Crippen molar-refractivity contribution in [3.8, 4) is 0 Å². The predicted molar refractivity (Wildman–Crippen MR) is 82.7 cm³/mol. The summed E-state index contributed by atoms with van der Waals surface area (Å²) in [6.07, 6.45) is 0. The molecule has 0 aliphatic rings. The van der Waals surface area contributed by atoms with Crippen LogP contribution in [0.5, 0.6) is 0 Å². The van der Waals surface area contributed by atoms with Gasteiger partial charge in [0.15, 0.2) is 0 Å². The van der Waals surface area contributed by atoms with E-state index in [9.17, 15) is 18.0 Å². The van der Waals surface area contributed by atoms with Crippen molar-refractivity contribution in [3.05, 3.63) is 53.7 Å². The third kappa shape index (κ3) is 6.37. The van der Waals surface area contributed by atoms with Crippen molar-refractivity contribution in [2.45, 2.75) is 18.1 Å². The Labute approximate surface area is 135 Å². The molecule has 0 unspecified atom stereocenters. The van der Waals surface area contributed by atoms with Crippen molar-refractivity contribution in [1.82, 2.24) is 5.32 Å². The Morgan fingerprint density at radius 2 is 1.83 bits per heavy atom. The number of halogens is 3. The molecule has 1 aromatic heterocycles. The second kappa shape index (κ2) is 8.64. The van der Waals surface area contributed by atoms with E-state index in [1.807, 2.05) is 0 Å². The minimum atomic E-state index is -2.43. The lowest BCUT2D eigenvalue weighted by Gasteiger charge is -2.05. The van der Waals surface area contributed by atoms with Gasteiger partial charge in [-0.25, -0.2) is 4.39 Å². The maximum absolute atomic E-state index is 12.7. The summed E-state index contributed by atoms with van der Waals surface area (Å²) in [5, 5.41) is 5.48. The number of thioether (sulfide) groups is 1. The van der Waals surface area contributed by atoms with Crippen LogP contribution in [0.1, 0.15) is 11.5 Å². The molecule has 0 saturated carbocycles. The average Bonchev–Trinajstić information content (AvgIpc) is 2.95. The van der Waals surface area contributed by atoms with Crippen LogP contribution in [-0.4, -0.2) is 18.2 Å². The van der Waals surface area contributed by atoms with Gasteiger partial charge in [-0.2, -0.15) is 8.78 Å². The zero-order valence-electron chi connectivity index (χ0n) is 12.0. The van der Waals surface area contributed by atoms with E-state index in [1.165, 1.54) is 24.3 Å². The molecule has 1 heterocycles. The molecule has 0 saturated heterocycles. The van der Waals surface area contributed by atoms with E-state index in [0.717, 1.165) is 0 Å². The van der Waals surface area contributed by atoms with Gasteiger partial charge in [-0.15, -0.1) is 0 Å². The molecule has 0 fully saturated rings. The lowest BCUT2D eigenvalue weighted by Crippen LogP contribution is -2.27. The highest BCUT2D eigenvalue weighted by molar-refractivity contribution is 7.98. The zero-order chi connectivity index (χ0) is 16.7. The average molecular weight is 344 g/mol. The molecule has 0 aliphatic carbocycles. The van der Waals surface area contributed by atoms with Gasteiger partial charge in [-0.1, -0.05) is 11.8 Å². The van der Waals surface area contributed by atoms with Gasteiger partial charge in [0.25, 0.3) is 5.76 Å². The Hall–Kier alpha value is -1.93. The second-order valence-corrected chi connectivity index (χ2v) is 5.58. The van der Waals surface area contributed by atoms with E-state index in [-0.39, 0.29) is 24.0 Å². The largest absolute Gasteiger partial charge is 0.464 e. The molecular formula is C15H15F3N2O2S. The third-order valence-corrected chi connectivity index (χ3v) is 3.48. The van der Waals surface area contributed by atoms with Gasteiger partial charge in [0.2, 0.25) is 5.91 Å². The molecule has 0 atom stereocenters. The molecule has 1 amide bonds. The van der Waals surface area contributed by atoms with Crippen LogP contribution in [0.2, 0.25) is 0 Å². The molecule has 23 heavy (non-hydrogen) atoms. The van der Waals surface area contributed by atoms with Crippen molar-refractivity contribution < 1.29 is 22.4 Å². The number of furan rings is 1. The number of carbonyl (C=O) groups excluding carboxylic acids is 1. The fourth-order valence-corrected chi connectivity index (χ4v) is 2.22. The van der Waals surface area contributed by atoms with Crippen LogP contribution in [0.15, 0.2) is 40.8 Å². The highest BCUT2D eigenvalue weighted by atomic mass is 32.2. The standard InChI is InChI=1S/C15H15F3N2O2S/c16-10-1-3-11(4-2-10)20-14(21)8-19-7-12-5-6-13(22-12)9-23-15(17)18/h1-6,15,19H,7-9H2,(H,20,21). The van der Waals surface area contributed by atoms with E-state index in [0.29, 0.717) is 35.5 Å².